The molecule has 1 amide bonds. The van der Waals surface area contributed by atoms with Crippen LogP contribution in [0.3, 0.4) is 0 Å². The van der Waals surface area contributed by atoms with Crippen molar-refractivity contribution in [2.75, 3.05) is 31.1 Å². The number of likely N-dealkylation sites (N-methyl/N-ethyl adjacent to an activating group) is 1. The van der Waals surface area contributed by atoms with Gasteiger partial charge in [-0.1, -0.05) is 42.9 Å². The summed E-state index contributed by atoms with van der Waals surface area (Å²) in [6, 6.07) is 9.40. The van der Waals surface area contributed by atoms with E-state index in [-0.39, 0.29) is 11.4 Å². The third-order valence-electron chi connectivity index (χ3n) is 4.68. The van der Waals surface area contributed by atoms with E-state index in [1.54, 1.807) is 11.0 Å². The molecule has 0 saturated carbocycles. The third-order valence-corrected chi connectivity index (χ3v) is 5.70. The highest BCUT2D eigenvalue weighted by Gasteiger charge is 2.23. The minimum absolute atomic E-state index is 0.0891. The number of amides is 1. The molecule has 0 bridgehead atoms. The highest BCUT2D eigenvalue weighted by molar-refractivity contribution is 7.22. The predicted molar refractivity (Wildman–Crippen MR) is 110 cm³/mol. The van der Waals surface area contributed by atoms with E-state index in [4.69, 9.17) is 0 Å². The van der Waals surface area contributed by atoms with Crippen molar-refractivity contribution in [3.05, 3.63) is 59.2 Å². The van der Waals surface area contributed by atoms with Gasteiger partial charge < -0.3 is 4.90 Å². The average molecular weight is 403 g/mol. The zero-order valence-electron chi connectivity index (χ0n) is 16.2. The summed E-state index contributed by atoms with van der Waals surface area (Å²) in [5, 5.41) is 0.373. The summed E-state index contributed by atoms with van der Waals surface area (Å²) in [7, 11) is 0. The maximum absolute atomic E-state index is 14.1. The molecule has 0 saturated heterocycles. The monoisotopic (exact) mass is 403 g/mol. The van der Waals surface area contributed by atoms with Crippen LogP contribution in [0.25, 0.3) is 10.2 Å². The van der Waals surface area contributed by atoms with Crippen molar-refractivity contribution < 1.29 is 13.6 Å². The molecule has 1 heterocycles. The van der Waals surface area contributed by atoms with Gasteiger partial charge in [0.15, 0.2) is 10.9 Å². The fourth-order valence-electron chi connectivity index (χ4n) is 3.06. The molecule has 0 radical (unpaired) electrons. The number of aryl methyl sites for hydroxylation is 1. The predicted octanol–water partition coefficient (Wildman–Crippen LogP) is 4.87. The summed E-state index contributed by atoms with van der Waals surface area (Å²) in [6.07, 6.45) is 0. The van der Waals surface area contributed by atoms with Crippen LogP contribution in [0, 0.1) is 18.6 Å². The van der Waals surface area contributed by atoms with Crippen LogP contribution in [0.15, 0.2) is 36.4 Å². The van der Waals surface area contributed by atoms with Crippen molar-refractivity contribution in [2.45, 2.75) is 20.8 Å². The minimum atomic E-state index is -0.718. The van der Waals surface area contributed by atoms with Gasteiger partial charge in [-0.05, 0) is 38.2 Å². The fraction of sp³-hybridized carbons (Fsp3) is 0.333. The first kappa shape index (κ1) is 20.4. The molecular formula is C21H23F2N3OS. The van der Waals surface area contributed by atoms with Crippen molar-refractivity contribution in [1.82, 2.24) is 9.88 Å². The Morgan fingerprint density at radius 2 is 1.86 bits per heavy atom. The lowest BCUT2D eigenvalue weighted by molar-refractivity contribution is 0.0983. The van der Waals surface area contributed by atoms with Gasteiger partial charge in [-0.25, -0.2) is 13.8 Å². The number of benzene rings is 2. The van der Waals surface area contributed by atoms with Crippen LogP contribution >= 0.6 is 11.3 Å². The van der Waals surface area contributed by atoms with Gasteiger partial charge in [-0.15, -0.1) is 0 Å². The van der Waals surface area contributed by atoms with Gasteiger partial charge in [0.25, 0.3) is 5.91 Å². The third kappa shape index (κ3) is 4.36. The second kappa shape index (κ2) is 8.75. The Morgan fingerprint density at radius 1 is 1.11 bits per heavy atom. The molecule has 0 unspecified atom stereocenters. The minimum Gasteiger partial charge on any atom is -0.302 e. The summed E-state index contributed by atoms with van der Waals surface area (Å²) >= 11 is 1.12. The van der Waals surface area contributed by atoms with Crippen molar-refractivity contribution >= 4 is 32.6 Å². The fourth-order valence-corrected chi connectivity index (χ4v) is 4.09. The summed E-state index contributed by atoms with van der Waals surface area (Å²) in [5.41, 5.74) is 1.61. The smallest absolute Gasteiger partial charge is 0.260 e. The van der Waals surface area contributed by atoms with Crippen LogP contribution in [0.4, 0.5) is 13.9 Å². The molecule has 7 heteroatoms. The maximum atomic E-state index is 14.1. The molecule has 28 heavy (non-hydrogen) atoms. The van der Waals surface area contributed by atoms with Gasteiger partial charge in [0.05, 0.1) is 4.70 Å². The quantitative estimate of drug-likeness (QED) is 0.565. The Morgan fingerprint density at radius 3 is 2.54 bits per heavy atom. The molecule has 148 valence electrons. The molecule has 0 aliphatic carbocycles. The molecule has 0 N–H and O–H groups in total. The van der Waals surface area contributed by atoms with Crippen LogP contribution in [0.2, 0.25) is 0 Å². The standard InChI is InChI=1S/C21H23F2N3OS/c1-4-25(5-2)9-10-26(20(27)15-8-6-7-14(3)11-15)21-24-19-17(23)12-16(22)13-18(19)28-21/h6-8,11-13H,4-5,9-10H2,1-3H3. The lowest BCUT2D eigenvalue weighted by atomic mass is 10.1. The van der Waals surface area contributed by atoms with Crippen LogP contribution < -0.4 is 4.90 Å². The van der Waals surface area contributed by atoms with E-state index in [9.17, 15) is 13.6 Å². The van der Waals surface area contributed by atoms with Gasteiger partial charge in [0.2, 0.25) is 0 Å². The Bertz CT molecular complexity index is 985. The van der Waals surface area contributed by atoms with Crippen LogP contribution in [0.5, 0.6) is 0 Å². The molecule has 3 rings (SSSR count). The number of carbonyl (C=O) groups excluding carboxylic acids is 1. The summed E-state index contributed by atoms with van der Waals surface area (Å²) in [5.74, 6) is -1.57. The van der Waals surface area contributed by atoms with Crippen molar-refractivity contribution in [2.24, 2.45) is 0 Å². The molecule has 1 aromatic heterocycles. The second-order valence-electron chi connectivity index (χ2n) is 6.58. The first-order valence-electron chi connectivity index (χ1n) is 9.29. The van der Waals surface area contributed by atoms with Gasteiger partial charge in [-0.2, -0.15) is 0 Å². The summed E-state index contributed by atoms with van der Waals surface area (Å²) < 4.78 is 28.1. The molecule has 3 aromatic rings. The van der Waals surface area contributed by atoms with Crippen molar-refractivity contribution in [3.63, 3.8) is 0 Å². The number of hydrogen-bond donors (Lipinski definition) is 0. The zero-order valence-corrected chi connectivity index (χ0v) is 17.0. The average Bonchev–Trinajstić information content (AvgIpc) is 3.09. The van der Waals surface area contributed by atoms with E-state index in [0.717, 1.165) is 36.1 Å². The lowest BCUT2D eigenvalue weighted by Gasteiger charge is -2.24. The SMILES string of the molecule is CCN(CC)CCN(C(=O)c1cccc(C)c1)c1nc2c(F)cc(F)cc2s1. The van der Waals surface area contributed by atoms with E-state index in [2.05, 4.69) is 23.7 Å². The summed E-state index contributed by atoms with van der Waals surface area (Å²) in [4.78, 5) is 21.3. The molecule has 4 nitrogen and oxygen atoms in total. The Kier molecular flexibility index (Phi) is 6.36. The van der Waals surface area contributed by atoms with Gasteiger partial charge in [-0.3, -0.25) is 9.69 Å². The normalized spacial score (nSPS) is 11.4. The maximum Gasteiger partial charge on any atom is 0.260 e. The molecular weight excluding hydrogens is 380 g/mol. The van der Waals surface area contributed by atoms with Crippen molar-refractivity contribution in [3.8, 4) is 0 Å². The molecule has 0 fully saturated rings. The number of thiazole rings is 1. The molecule has 0 aliphatic heterocycles. The molecule has 0 aliphatic rings. The first-order chi connectivity index (χ1) is 13.4. The number of rotatable bonds is 7. The van der Waals surface area contributed by atoms with Crippen molar-refractivity contribution in [1.29, 1.82) is 0 Å². The number of hydrogen-bond acceptors (Lipinski definition) is 4. The Balaban J connectivity index is 2.00. The highest BCUT2D eigenvalue weighted by atomic mass is 32.1. The number of fused-ring (bicyclic) bond motifs is 1. The van der Waals surface area contributed by atoms with Crippen LogP contribution in [-0.2, 0) is 0 Å². The van der Waals surface area contributed by atoms with Gasteiger partial charge in [0.1, 0.15) is 11.3 Å². The second-order valence-corrected chi connectivity index (χ2v) is 7.59. The number of carbonyl (C=O) groups is 1. The van der Waals surface area contributed by atoms with Gasteiger partial charge in [0, 0.05) is 24.7 Å². The lowest BCUT2D eigenvalue weighted by Crippen LogP contribution is -2.38. The van der Waals surface area contributed by atoms with Gasteiger partial charge >= 0.3 is 0 Å². The number of halogens is 2. The largest absolute Gasteiger partial charge is 0.302 e. The van der Waals surface area contributed by atoms with E-state index in [0.29, 0.717) is 28.5 Å². The summed E-state index contributed by atoms with van der Waals surface area (Å²) in [6.45, 7) is 8.85. The van der Waals surface area contributed by atoms with E-state index < -0.39 is 11.6 Å². The number of aromatic nitrogens is 1. The first-order valence-corrected chi connectivity index (χ1v) is 10.1. The number of nitrogens with zero attached hydrogens (tertiary/aromatic N) is 3. The topological polar surface area (TPSA) is 36.4 Å². The van der Waals surface area contributed by atoms with E-state index in [1.807, 2.05) is 25.1 Å². The Labute approximate surface area is 167 Å². The van der Waals surface area contributed by atoms with Crippen LogP contribution in [0.1, 0.15) is 29.8 Å². The van der Waals surface area contributed by atoms with E-state index >= 15 is 0 Å². The zero-order chi connectivity index (χ0) is 20.3. The van der Waals surface area contributed by atoms with E-state index in [1.165, 1.54) is 6.07 Å². The number of anilines is 1. The Hall–Kier alpha value is -2.38. The molecule has 0 spiro atoms. The highest BCUT2D eigenvalue weighted by Crippen LogP contribution is 2.32. The molecule has 0 atom stereocenters. The molecule has 2 aromatic carbocycles. The van der Waals surface area contributed by atoms with Crippen LogP contribution in [-0.4, -0.2) is 42.0 Å².